The Bertz CT molecular complexity index is 1070. The Hall–Kier alpha value is -3.31. The summed E-state index contributed by atoms with van der Waals surface area (Å²) in [5.74, 6) is 0.373. The number of amides is 2. The second-order valence-corrected chi connectivity index (χ2v) is 9.01. The molecule has 10 nitrogen and oxygen atoms in total. The molecule has 0 aliphatic carbocycles. The molecule has 0 atom stereocenters. The van der Waals surface area contributed by atoms with Crippen LogP contribution in [0.2, 0.25) is 0 Å². The molecular weight excluding hydrogens is 455 g/mol. The number of nitrogens with zero attached hydrogens (tertiary/aromatic N) is 5. The van der Waals surface area contributed by atoms with Gasteiger partial charge in [-0.3, -0.25) is 24.2 Å². The van der Waals surface area contributed by atoms with Gasteiger partial charge in [-0.25, -0.2) is 4.39 Å². The first kappa shape index (κ1) is 24.8. The summed E-state index contributed by atoms with van der Waals surface area (Å²) in [7, 11) is 0. The number of carbonyl (C=O) groups is 3. The van der Waals surface area contributed by atoms with Crippen LogP contribution in [0.15, 0.2) is 28.8 Å². The van der Waals surface area contributed by atoms with Gasteiger partial charge in [0.25, 0.3) is 0 Å². The summed E-state index contributed by atoms with van der Waals surface area (Å²) in [6, 6.07) is 6.21. The van der Waals surface area contributed by atoms with E-state index in [0.717, 1.165) is 0 Å². The van der Waals surface area contributed by atoms with E-state index >= 15 is 0 Å². The molecule has 4 rings (SSSR count). The molecule has 0 bridgehead atoms. The first-order valence-corrected chi connectivity index (χ1v) is 11.8. The van der Waals surface area contributed by atoms with E-state index in [0.29, 0.717) is 81.7 Å². The third-order valence-corrected chi connectivity index (χ3v) is 6.41. The molecule has 2 aromatic rings. The molecule has 188 valence electrons. The van der Waals surface area contributed by atoms with E-state index in [-0.39, 0.29) is 24.1 Å². The van der Waals surface area contributed by atoms with Gasteiger partial charge in [0.2, 0.25) is 11.8 Å². The van der Waals surface area contributed by atoms with Gasteiger partial charge in [0.1, 0.15) is 11.6 Å². The summed E-state index contributed by atoms with van der Waals surface area (Å²) < 4.78 is 19.4. The number of benzene rings is 1. The second kappa shape index (κ2) is 11.0. The van der Waals surface area contributed by atoms with Crippen molar-refractivity contribution in [3.63, 3.8) is 0 Å². The van der Waals surface area contributed by atoms with Crippen molar-refractivity contribution in [3.05, 3.63) is 41.4 Å². The Morgan fingerprint density at radius 3 is 2.20 bits per heavy atom. The standard InChI is InChI=1S/C24H31FN6O4/c1-17-13-22(27-35-17)26-23(33)15-28-5-7-29(8-6-28)16-24(34)31-11-9-30(10-12-31)21-4-3-19(18(2)32)14-20(21)25/h3-4,13-14H,5-12,15-16H2,1-2H3,(H,26,27,33). The third kappa shape index (κ3) is 6.43. The van der Waals surface area contributed by atoms with Crippen molar-refractivity contribution in [3.8, 4) is 0 Å². The summed E-state index contributed by atoms with van der Waals surface area (Å²) in [6.45, 7) is 8.69. The predicted octanol–water partition coefficient (Wildman–Crippen LogP) is 1.23. The molecule has 0 radical (unpaired) electrons. The fourth-order valence-electron chi connectivity index (χ4n) is 4.39. The van der Waals surface area contributed by atoms with Crippen molar-refractivity contribution in [1.29, 1.82) is 0 Å². The Balaban J connectivity index is 1.18. The normalized spacial score (nSPS) is 17.5. The van der Waals surface area contributed by atoms with Gasteiger partial charge in [0.05, 0.1) is 18.8 Å². The average molecular weight is 487 g/mol. The van der Waals surface area contributed by atoms with Crippen LogP contribution >= 0.6 is 0 Å². The molecule has 1 aromatic heterocycles. The molecular formula is C24H31FN6O4. The maximum Gasteiger partial charge on any atom is 0.239 e. The summed E-state index contributed by atoms with van der Waals surface area (Å²) >= 11 is 0. The summed E-state index contributed by atoms with van der Waals surface area (Å²) in [5, 5.41) is 6.48. The molecule has 2 saturated heterocycles. The van der Waals surface area contributed by atoms with Crippen molar-refractivity contribution in [1.82, 2.24) is 19.9 Å². The molecule has 2 aliphatic heterocycles. The minimum Gasteiger partial charge on any atom is -0.366 e. The summed E-state index contributed by atoms with van der Waals surface area (Å²) in [5.41, 5.74) is 0.812. The lowest BCUT2D eigenvalue weighted by Gasteiger charge is -2.38. The van der Waals surface area contributed by atoms with E-state index in [1.54, 1.807) is 25.1 Å². The number of aromatic nitrogens is 1. The highest BCUT2D eigenvalue weighted by Gasteiger charge is 2.26. The number of halogens is 1. The van der Waals surface area contributed by atoms with Crippen LogP contribution in [-0.4, -0.2) is 103 Å². The summed E-state index contributed by atoms with van der Waals surface area (Å²) in [4.78, 5) is 44.3. The largest absolute Gasteiger partial charge is 0.366 e. The zero-order valence-corrected chi connectivity index (χ0v) is 20.1. The number of carbonyl (C=O) groups excluding carboxylic acids is 3. The maximum atomic E-state index is 14.5. The molecule has 0 saturated carbocycles. The minimum absolute atomic E-state index is 0.0599. The third-order valence-electron chi connectivity index (χ3n) is 6.41. The zero-order chi connectivity index (χ0) is 24.9. The van der Waals surface area contributed by atoms with Gasteiger partial charge in [-0.15, -0.1) is 0 Å². The average Bonchev–Trinajstić information content (AvgIpc) is 3.24. The van der Waals surface area contributed by atoms with Crippen molar-refractivity contribution in [2.24, 2.45) is 0 Å². The Kier molecular flexibility index (Phi) is 7.76. The highest BCUT2D eigenvalue weighted by molar-refractivity contribution is 5.94. The monoisotopic (exact) mass is 486 g/mol. The van der Waals surface area contributed by atoms with E-state index in [1.165, 1.54) is 13.0 Å². The fraction of sp³-hybridized carbons (Fsp3) is 0.500. The number of Topliss-reactive ketones (excluding diaryl/α,β-unsaturated/α-hetero) is 1. The molecule has 2 amide bonds. The number of rotatable bonds is 7. The van der Waals surface area contributed by atoms with Gasteiger partial charge >= 0.3 is 0 Å². The molecule has 3 heterocycles. The number of ketones is 1. The van der Waals surface area contributed by atoms with Crippen molar-refractivity contribution >= 4 is 29.1 Å². The lowest BCUT2D eigenvalue weighted by molar-refractivity contribution is -0.133. The number of hydrogen-bond acceptors (Lipinski definition) is 8. The molecule has 2 fully saturated rings. The van der Waals surface area contributed by atoms with Crippen molar-refractivity contribution < 1.29 is 23.3 Å². The van der Waals surface area contributed by atoms with Crippen LogP contribution in [0.3, 0.4) is 0 Å². The van der Waals surface area contributed by atoms with E-state index in [4.69, 9.17) is 4.52 Å². The molecule has 35 heavy (non-hydrogen) atoms. The SMILES string of the molecule is CC(=O)c1ccc(N2CCN(C(=O)CN3CCN(CC(=O)Nc4cc(C)on4)CC3)CC2)c(F)c1. The zero-order valence-electron chi connectivity index (χ0n) is 20.1. The smallest absolute Gasteiger partial charge is 0.239 e. The number of piperazine rings is 2. The van der Waals surface area contributed by atoms with Gasteiger partial charge in [0, 0.05) is 64.0 Å². The topological polar surface area (TPSA) is 102 Å². The quantitative estimate of drug-likeness (QED) is 0.583. The van der Waals surface area contributed by atoms with Crippen molar-refractivity contribution in [2.75, 3.05) is 75.7 Å². The fourth-order valence-corrected chi connectivity index (χ4v) is 4.39. The number of aryl methyl sites for hydroxylation is 1. The number of hydrogen-bond donors (Lipinski definition) is 1. The van der Waals surface area contributed by atoms with E-state index in [9.17, 15) is 18.8 Å². The Morgan fingerprint density at radius 1 is 0.971 bits per heavy atom. The van der Waals surface area contributed by atoms with Crippen LogP contribution in [0.5, 0.6) is 0 Å². The lowest BCUT2D eigenvalue weighted by Crippen LogP contribution is -2.54. The van der Waals surface area contributed by atoms with Gasteiger partial charge in [0.15, 0.2) is 11.6 Å². The molecule has 11 heteroatoms. The highest BCUT2D eigenvalue weighted by atomic mass is 19.1. The summed E-state index contributed by atoms with van der Waals surface area (Å²) in [6.07, 6.45) is 0. The highest BCUT2D eigenvalue weighted by Crippen LogP contribution is 2.22. The lowest BCUT2D eigenvalue weighted by atomic mass is 10.1. The number of nitrogens with one attached hydrogen (secondary N) is 1. The second-order valence-electron chi connectivity index (χ2n) is 9.01. The molecule has 0 spiro atoms. The van der Waals surface area contributed by atoms with Gasteiger partial charge < -0.3 is 19.6 Å². The van der Waals surface area contributed by atoms with E-state index < -0.39 is 5.82 Å². The van der Waals surface area contributed by atoms with Gasteiger partial charge in [-0.1, -0.05) is 5.16 Å². The van der Waals surface area contributed by atoms with Gasteiger partial charge in [-0.2, -0.15) is 0 Å². The van der Waals surface area contributed by atoms with Crippen molar-refractivity contribution in [2.45, 2.75) is 13.8 Å². The van der Waals surface area contributed by atoms with Gasteiger partial charge in [-0.05, 0) is 32.0 Å². The van der Waals surface area contributed by atoms with Crippen LogP contribution in [0.4, 0.5) is 15.9 Å². The molecule has 2 aliphatic rings. The van der Waals surface area contributed by atoms with Crippen LogP contribution < -0.4 is 10.2 Å². The Labute approximate surface area is 203 Å². The van der Waals surface area contributed by atoms with E-state index in [1.807, 2.05) is 14.7 Å². The Morgan fingerprint density at radius 2 is 1.63 bits per heavy atom. The van der Waals surface area contributed by atoms with Crippen LogP contribution in [0.25, 0.3) is 0 Å². The molecule has 1 N–H and O–H groups in total. The maximum absolute atomic E-state index is 14.5. The minimum atomic E-state index is -0.417. The van der Waals surface area contributed by atoms with Crippen LogP contribution in [0, 0.1) is 12.7 Å². The number of anilines is 2. The van der Waals surface area contributed by atoms with Crippen LogP contribution in [-0.2, 0) is 9.59 Å². The van der Waals surface area contributed by atoms with Crippen LogP contribution in [0.1, 0.15) is 23.0 Å². The first-order valence-electron chi connectivity index (χ1n) is 11.8. The predicted molar refractivity (Wildman–Crippen MR) is 128 cm³/mol. The molecule has 0 unspecified atom stereocenters. The molecule has 1 aromatic carbocycles. The van der Waals surface area contributed by atoms with E-state index in [2.05, 4.69) is 15.4 Å². The first-order chi connectivity index (χ1) is 16.8.